The van der Waals surface area contributed by atoms with Crippen LogP contribution in [0.15, 0.2) is 53.1 Å². The molecule has 0 fully saturated rings. The minimum atomic E-state index is 0.196. The third-order valence-corrected chi connectivity index (χ3v) is 3.28. The molecule has 2 aromatic carbocycles. The van der Waals surface area contributed by atoms with Crippen molar-refractivity contribution in [1.82, 2.24) is 5.16 Å². The van der Waals surface area contributed by atoms with Crippen molar-refractivity contribution >= 4 is 0 Å². The van der Waals surface area contributed by atoms with Crippen LogP contribution in [0.4, 0.5) is 0 Å². The molecule has 0 aliphatic rings. The molecule has 0 unspecified atom stereocenters. The van der Waals surface area contributed by atoms with E-state index >= 15 is 0 Å². The summed E-state index contributed by atoms with van der Waals surface area (Å²) in [5.41, 5.74) is 4.69. The van der Waals surface area contributed by atoms with Crippen LogP contribution >= 0.6 is 0 Å². The molecular formula is C17H15NO2. The molecule has 1 aromatic heterocycles. The first-order chi connectivity index (χ1) is 9.63. The summed E-state index contributed by atoms with van der Waals surface area (Å²) in [4.78, 5) is 0. The Bertz CT molecular complexity index is 742. The summed E-state index contributed by atoms with van der Waals surface area (Å²) in [7, 11) is 0. The molecular weight excluding hydrogens is 250 g/mol. The highest BCUT2D eigenvalue weighted by molar-refractivity contribution is 5.71. The van der Waals surface area contributed by atoms with Gasteiger partial charge in [0.25, 0.3) is 0 Å². The van der Waals surface area contributed by atoms with Crippen LogP contribution in [0.25, 0.3) is 22.6 Å². The van der Waals surface area contributed by atoms with Crippen molar-refractivity contribution in [3.8, 4) is 28.3 Å². The number of aromatic nitrogens is 1. The predicted molar refractivity (Wildman–Crippen MR) is 78.5 cm³/mol. The Balaban J connectivity index is 2.01. The lowest BCUT2D eigenvalue weighted by Crippen LogP contribution is -1.79. The zero-order valence-corrected chi connectivity index (χ0v) is 11.4. The minimum absolute atomic E-state index is 0.196. The Hall–Kier alpha value is -2.55. The molecule has 1 N–H and O–H groups in total. The second-order valence-corrected chi connectivity index (χ2v) is 4.96. The van der Waals surface area contributed by atoms with E-state index in [1.807, 2.05) is 56.3 Å². The summed E-state index contributed by atoms with van der Waals surface area (Å²) in [6, 6.07) is 15.3. The summed E-state index contributed by atoms with van der Waals surface area (Å²) >= 11 is 0. The van der Waals surface area contributed by atoms with Gasteiger partial charge in [0.05, 0.1) is 5.56 Å². The Labute approximate surface area is 117 Å². The number of aryl methyl sites for hydroxylation is 2. The van der Waals surface area contributed by atoms with Crippen LogP contribution in [0, 0.1) is 13.8 Å². The molecule has 0 atom stereocenters. The average Bonchev–Trinajstić information content (AvgIpc) is 2.92. The highest BCUT2D eigenvalue weighted by Crippen LogP contribution is 2.32. The van der Waals surface area contributed by atoms with Gasteiger partial charge in [0.1, 0.15) is 11.4 Å². The second kappa shape index (κ2) is 4.85. The average molecular weight is 265 g/mol. The van der Waals surface area contributed by atoms with Crippen molar-refractivity contribution in [3.05, 3.63) is 59.7 Å². The van der Waals surface area contributed by atoms with Gasteiger partial charge in [0.15, 0.2) is 5.76 Å². The van der Waals surface area contributed by atoms with Gasteiger partial charge in [0, 0.05) is 11.6 Å². The fourth-order valence-electron chi connectivity index (χ4n) is 2.11. The molecule has 0 aliphatic heterocycles. The molecule has 1 heterocycles. The van der Waals surface area contributed by atoms with Crippen molar-refractivity contribution in [3.63, 3.8) is 0 Å². The molecule has 3 heteroatoms. The first-order valence-electron chi connectivity index (χ1n) is 6.47. The molecule has 0 radical (unpaired) electrons. The quantitative estimate of drug-likeness (QED) is 0.750. The van der Waals surface area contributed by atoms with Gasteiger partial charge < -0.3 is 9.63 Å². The van der Waals surface area contributed by atoms with Crippen molar-refractivity contribution in [2.24, 2.45) is 0 Å². The molecule has 0 bridgehead atoms. The predicted octanol–water partition coefficient (Wildman–Crippen LogP) is 4.33. The van der Waals surface area contributed by atoms with Crippen LogP contribution in [-0.2, 0) is 0 Å². The van der Waals surface area contributed by atoms with Gasteiger partial charge in [-0.3, -0.25) is 0 Å². The summed E-state index contributed by atoms with van der Waals surface area (Å²) in [5.74, 6) is 0.768. The first-order valence-corrected chi connectivity index (χ1v) is 6.47. The molecule has 0 amide bonds. The fourth-order valence-corrected chi connectivity index (χ4v) is 2.11. The number of phenolic OH excluding ortho intramolecular Hbond substituents is 1. The molecule has 0 saturated heterocycles. The Morgan fingerprint density at radius 2 is 1.60 bits per heavy atom. The van der Waals surface area contributed by atoms with E-state index in [4.69, 9.17) is 4.52 Å². The lowest BCUT2D eigenvalue weighted by molar-refractivity contribution is 0.428. The van der Waals surface area contributed by atoms with E-state index in [0.29, 0.717) is 11.3 Å². The van der Waals surface area contributed by atoms with Crippen LogP contribution in [-0.4, -0.2) is 10.3 Å². The number of rotatable bonds is 2. The molecule has 0 saturated carbocycles. The number of hydrogen-bond acceptors (Lipinski definition) is 3. The molecule has 0 spiro atoms. The van der Waals surface area contributed by atoms with Crippen molar-refractivity contribution in [2.45, 2.75) is 13.8 Å². The lowest BCUT2D eigenvalue weighted by Gasteiger charge is -2.01. The SMILES string of the molecule is Cc1ccc(-c2cc(-c3cc(C)ccc3O)on2)cc1. The summed E-state index contributed by atoms with van der Waals surface area (Å²) in [6.07, 6.45) is 0. The first kappa shape index (κ1) is 12.5. The van der Waals surface area contributed by atoms with Gasteiger partial charge in [-0.2, -0.15) is 0 Å². The van der Waals surface area contributed by atoms with Crippen LogP contribution in [0.3, 0.4) is 0 Å². The fraction of sp³-hybridized carbons (Fsp3) is 0.118. The van der Waals surface area contributed by atoms with E-state index < -0.39 is 0 Å². The number of phenols is 1. The van der Waals surface area contributed by atoms with Gasteiger partial charge in [-0.15, -0.1) is 0 Å². The summed E-state index contributed by atoms with van der Waals surface area (Å²) in [5, 5.41) is 14.0. The molecule has 0 aliphatic carbocycles. The number of benzene rings is 2. The van der Waals surface area contributed by atoms with Crippen LogP contribution in [0.2, 0.25) is 0 Å². The molecule has 20 heavy (non-hydrogen) atoms. The van der Waals surface area contributed by atoms with E-state index in [1.165, 1.54) is 5.56 Å². The molecule has 100 valence electrons. The maximum absolute atomic E-state index is 9.92. The molecule has 3 nitrogen and oxygen atoms in total. The largest absolute Gasteiger partial charge is 0.507 e. The smallest absolute Gasteiger partial charge is 0.171 e. The van der Waals surface area contributed by atoms with Gasteiger partial charge in [-0.05, 0) is 26.0 Å². The number of nitrogens with zero attached hydrogens (tertiary/aromatic N) is 1. The van der Waals surface area contributed by atoms with Crippen LogP contribution < -0.4 is 0 Å². The monoisotopic (exact) mass is 265 g/mol. The van der Waals surface area contributed by atoms with Gasteiger partial charge in [0.2, 0.25) is 0 Å². The van der Waals surface area contributed by atoms with Crippen molar-refractivity contribution < 1.29 is 9.63 Å². The highest BCUT2D eigenvalue weighted by atomic mass is 16.5. The number of hydrogen-bond donors (Lipinski definition) is 1. The third-order valence-electron chi connectivity index (χ3n) is 3.28. The van der Waals surface area contributed by atoms with Gasteiger partial charge in [-0.25, -0.2) is 0 Å². The van der Waals surface area contributed by atoms with E-state index in [9.17, 15) is 5.11 Å². The minimum Gasteiger partial charge on any atom is -0.507 e. The molecule has 3 aromatic rings. The highest BCUT2D eigenvalue weighted by Gasteiger charge is 2.12. The van der Waals surface area contributed by atoms with Crippen molar-refractivity contribution in [1.29, 1.82) is 0 Å². The summed E-state index contributed by atoms with van der Waals surface area (Å²) in [6.45, 7) is 4.02. The van der Waals surface area contributed by atoms with E-state index in [2.05, 4.69) is 5.16 Å². The zero-order chi connectivity index (χ0) is 14.1. The second-order valence-electron chi connectivity index (χ2n) is 4.96. The van der Waals surface area contributed by atoms with Crippen LogP contribution in [0.5, 0.6) is 5.75 Å². The van der Waals surface area contributed by atoms with Gasteiger partial charge >= 0.3 is 0 Å². The summed E-state index contributed by atoms with van der Waals surface area (Å²) < 4.78 is 5.36. The normalized spacial score (nSPS) is 10.7. The van der Waals surface area contributed by atoms with Crippen molar-refractivity contribution in [2.75, 3.05) is 0 Å². The maximum atomic E-state index is 9.92. The number of aromatic hydroxyl groups is 1. The zero-order valence-electron chi connectivity index (χ0n) is 11.4. The van der Waals surface area contributed by atoms with E-state index in [0.717, 1.165) is 16.8 Å². The topological polar surface area (TPSA) is 46.3 Å². The Kier molecular flexibility index (Phi) is 3.03. The molecule has 3 rings (SSSR count). The van der Waals surface area contributed by atoms with Gasteiger partial charge in [-0.1, -0.05) is 46.6 Å². The Morgan fingerprint density at radius 1 is 0.900 bits per heavy atom. The van der Waals surface area contributed by atoms with E-state index in [-0.39, 0.29) is 5.75 Å². The standard InChI is InChI=1S/C17H15NO2/c1-11-3-6-13(7-4-11)15-10-17(20-18-15)14-9-12(2)5-8-16(14)19/h3-10,19H,1-2H3. The van der Waals surface area contributed by atoms with E-state index in [1.54, 1.807) is 6.07 Å². The Morgan fingerprint density at radius 3 is 2.35 bits per heavy atom. The third kappa shape index (κ3) is 2.30. The lowest BCUT2D eigenvalue weighted by atomic mass is 10.1. The van der Waals surface area contributed by atoms with Crippen LogP contribution in [0.1, 0.15) is 11.1 Å². The maximum Gasteiger partial charge on any atom is 0.171 e.